The number of imidazole rings is 1. The van der Waals surface area contributed by atoms with Crippen molar-refractivity contribution in [2.24, 2.45) is 0 Å². The normalized spacial score (nSPS) is 11.2. The van der Waals surface area contributed by atoms with E-state index in [9.17, 15) is 9.18 Å². The van der Waals surface area contributed by atoms with Crippen molar-refractivity contribution < 1.29 is 9.18 Å². The van der Waals surface area contributed by atoms with E-state index in [-0.39, 0.29) is 11.7 Å². The maximum Gasteiger partial charge on any atom is 0.252 e. The van der Waals surface area contributed by atoms with Crippen LogP contribution in [0.25, 0.3) is 21.9 Å². The molecular weight excluding hydrogens is 355 g/mol. The third kappa shape index (κ3) is 3.33. The molecule has 5 nitrogen and oxygen atoms in total. The van der Waals surface area contributed by atoms with E-state index in [1.54, 1.807) is 19.1 Å². The molecule has 0 fully saturated rings. The van der Waals surface area contributed by atoms with Gasteiger partial charge in [0.15, 0.2) is 0 Å². The van der Waals surface area contributed by atoms with E-state index >= 15 is 0 Å². The van der Waals surface area contributed by atoms with Crippen LogP contribution >= 0.6 is 0 Å². The van der Waals surface area contributed by atoms with Crippen molar-refractivity contribution in [2.45, 2.75) is 26.8 Å². The number of halogens is 1. The molecule has 0 atom stereocenters. The van der Waals surface area contributed by atoms with Crippen molar-refractivity contribution in [1.82, 2.24) is 19.9 Å². The minimum absolute atomic E-state index is 0.193. The molecule has 0 aliphatic heterocycles. The Morgan fingerprint density at radius 2 is 1.93 bits per heavy atom. The zero-order valence-corrected chi connectivity index (χ0v) is 15.9. The van der Waals surface area contributed by atoms with E-state index < -0.39 is 0 Å². The van der Waals surface area contributed by atoms with E-state index in [0.717, 1.165) is 23.4 Å². The van der Waals surface area contributed by atoms with Crippen molar-refractivity contribution in [3.63, 3.8) is 0 Å². The van der Waals surface area contributed by atoms with Crippen LogP contribution in [0.15, 0.2) is 48.5 Å². The first-order valence-electron chi connectivity index (χ1n) is 9.36. The predicted molar refractivity (Wildman–Crippen MR) is 108 cm³/mol. The number of hydrogen-bond acceptors (Lipinski definition) is 3. The molecule has 6 heteroatoms. The molecule has 0 bridgehead atoms. The molecule has 2 heterocycles. The van der Waals surface area contributed by atoms with Gasteiger partial charge >= 0.3 is 0 Å². The van der Waals surface area contributed by atoms with Crippen molar-refractivity contribution in [1.29, 1.82) is 0 Å². The number of aromatic nitrogens is 3. The van der Waals surface area contributed by atoms with Gasteiger partial charge in [-0.2, -0.15) is 0 Å². The summed E-state index contributed by atoms with van der Waals surface area (Å²) in [5.41, 5.74) is 3.73. The smallest absolute Gasteiger partial charge is 0.252 e. The Labute approximate surface area is 162 Å². The second-order valence-electron chi connectivity index (χ2n) is 6.74. The van der Waals surface area contributed by atoms with E-state index in [0.29, 0.717) is 35.1 Å². The van der Waals surface area contributed by atoms with Gasteiger partial charge in [0.25, 0.3) is 5.91 Å². The number of para-hydroxylation sites is 2. The van der Waals surface area contributed by atoms with Crippen LogP contribution in [0.2, 0.25) is 0 Å². The molecule has 0 unspecified atom stereocenters. The summed E-state index contributed by atoms with van der Waals surface area (Å²) in [6.07, 6.45) is 0.630. The second-order valence-corrected chi connectivity index (χ2v) is 6.74. The number of rotatable bonds is 5. The van der Waals surface area contributed by atoms with Crippen molar-refractivity contribution >= 4 is 27.8 Å². The number of hydrogen-bond donors (Lipinski definition) is 1. The summed E-state index contributed by atoms with van der Waals surface area (Å²) in [6.45, 7) is 5.17. The minimum atomic E-state index is -0.365. The van der Waals surface area contributed by atoms with Gasteiger partial charge in [-0.25, -0.2) is 9.37 Å². The lowest BCUT2D eigenvalue weighted by Gasteiger charge is -2.10. The number of aryl methyl sites for hydroxylation is 2. The van der Waals surface area contributed by atoms with Gasteiger partial charge in [-0.1, -0.05) is 12.1 Å². The van der Waals surface area contributed by atoms with Crippen molar-refractivity contribution in [3.05, 3.63) is 71.4 Å². The Hall–Kier alpha value is -3.28. The molecule has 142 valence electrons. The van der Waals surface area contributed by atoms with Crippen LogP contribution in [0.5, 0.6) is 0 Å². The summed E-state index contributed by atoms with van der Waals surface area (Å²) in [7, 11) is 0. The van der Waals surface area contributed by atoms with Gasteiger partial charge in [0.2, 0.25) is 0 Å². The van der Waals surface area contributed by atoms with Crippen LogP contribution < -0.4 is 5.32 Å². The summed E-state index contributed by atoms with van der Waals surface area (Å²) >= 11 is 0. The van der Waals surface area contributed by atoms with Gasteiger partial charge in [0.05, 0.1) is 22.1 Å². The highest BCUT2D eigenvalue weighted by Gasteiger charge is 2.14. The molecule has 0 saturated heterocycles. The number of nitrogens with zero attached hydrogens (tertiary/aromatic N) is 3. The minimum Gasteiger partial charge on any atom is -0.352 e. The topological polar surface area (TPSA) is 59.8 Å². The van der Waals surface area contributed by atoms with Gasteiger partial charge in [-0.05, 0) is 44.2 Å². The van der Waals surface area contributed by atoms with E-state index in [4.69, 9.17) is 0 Å². The molecule has 1 N–H and O–H groups in total. The first kappa shape index (κ1) is 18.1. The fourth-order valence-electron chi connectivity index (χ4n) is 3.57. The predicted octanol–water partition coefficient (Wildman–Crippen LogP) is 4.02. The maximum atomic E-state index is 13.5. The van der Waals surface area contributed by atoms with Crippen LogP contribution in [0.1, 0.15) is 28.8 Å². The summed E-state index contributed by atoms with van der Waals surface area (Å²) in [5.74, 6) is 0.388. The molecule has 4 rings (SSSR count). The zero-order chi connectivity index (χ0) is 19.7. The average Bonchev–Trinajstić information content (AvgIpc) is 3.04. The summed E-state index contributed by atoms with van der Waals surface area (Å²) < 4.78 is 15.7. The summed E-state index contributed by atoms with van der Waals surface area (Å²) in [6, 6.07) is 14.1. The molecule has 0 aliphatic rings. The molecule has 2 aromatic heterocycles. The zero-order valence-electron chi connectivity index (χ0n) is 15.9. The first-order chi connectivity index (χ1) is 13.6. The van der Waals surface area contributed by atoms with Gasteiger partial charge in [0.1, 0.15) is 11.6 Å². The maximum absolute atomic E-state index is 13.5. The van der Waals surface area contributed by atoms with E-state index in [1.165, 1.54) is 12.1 Å². The number of nitrogens with one attached hydrogen (secondary N) is 1. The Bertz CT molecular complexity index is 1180. The quantitative estimate of drug-likeness (QED) is 0.572. The summed E-state index contributed by atoms with van der Waals surface area (Å²) in [5, 5.41) is 3.61. The van der Waals surface area contributed by atoms with Gasteiger partial charge in [-0.15, -0.1) is 0 Å². The number of benzene rings is 2. The first-order valence-corrected chi connectivity index (χ1v) is 9.36. The molecule has 1 amide bonds. The largest absolute Gasteiger partial charge is 0.352 e. The van der Waals surface area contributed by atoms with Crippen LogP contribution in [0.4, 0.5) is 4.39 Å². The summed E-state index contributed by atoms with van der Waals surface area (Å²) in [4.78, 5) is 21.8. The Kier molecular flexibility index (Phi) is 4.77. The van der Waals surface area contributed by atoms with Crippen LogP contribution in [0, 0.1) is 12.7 Å². The van der Waals surface area contributed by atoms with Gasteiger partial charge < -0.3 is 9.88 Å². The van der Waals surface area contributed by atoms with E-state index in [1.807, 2.05) is 18.2 Å². The molecule has 0 radical (unpaired) electrons. The molecule has 2 aromatic carbocycles. The number of amides is 1. The van der Waals surface area contributed by atoms with Crippen LogP contribution in [0.3, 0.4) is 0 Å². The Morgan fingerprint density at radius 1 is 1.11 bits per heavy atom. The number of pyridine rings is 1. The fourth-order valence-corrected chi connectivity index (χ4v) is 3.57. The van der Waals surface area contributed by atoms with Crippen molar-refractivity contribution in [2.75, 3.05) is 6.54 Å². The molecule has 0 aliphatic carbocycles. The average molecular weight is 376 g/mol. The van der Waals surface area contributed by atoms with Gasteiger partial charge in [-0.3, -0.25) is 9.78 Å². The number of carbonyl (C=O) groups excluding carboxylic acids is 1. The van der Waals surface area contributed by atoms with Gasteiger partial charge in [0, 0.05) is 36.7 Å². The lowest BCUT2D eigenvalue weighted by molar-refractivity contribution is 0.0955. The number of carbonyl (C=O) groups is 1. The number of fused-ring (bicyclic) bond motifs is 2. The molecule has 4 aromatic rings. The third-order valence-corrected chi connectivity index (χ3v) is 4.83. The van der Waals surface area contributed by atoms with Crippen LogP contribution in [-0.2, 0) is 13.0 Å². The highest BCUT2D eigenvalue weighted by Crippen LogP contribution is 2.20. The lowest BCUT2D eigenvalue weighted by atomic mass is 10.1. The molecule has 28 heavy (non-hydrogen) atoms. The molecule has 0 saturated carbocycles. The van der Waals surface area contributed by atoms with Crippen molar-refractivity contribution in [3.8, 4) is 0 Å². The molecular formula is C22H21FN4O. The lowest BCUT2D eigenvalue weighted by Crippen LogP contribution is -2.27. The molecule has 0 spiro atoms. The SMILES string of the molecule is CCn1c(CCNC(=O)c2cc(C)nc3cc(F)ccc23)nc2ccccc21. The Morgan fingerprint density at radius 3 is 2.75 bits per heavy atom. The third-order valence-electron chi connectivity index (χ3n) is 4.83. The Balaban J connectivity index is 1.54. The fraction of sp³-hybridized carbons (Fsp3) is 0.227. The highest BCUT2D eigenvalue weighted by atomic mass is 19.1. The standard InChI is InChI=1S/C22H21FN4O/c1-3-27-20-7-5-4-6-18(20)26-21(27)10-11-24-22(28)17-12-14(2)25-19-13-15(23)8-9-16(17)19/h4-9,12-13H,3,10-11H2,1-2H3,(H,24,28). The monoisotopic (exact) mass is 376 g/mol. The highest BCUT2D eigenvalue weighted by molar-refractivity contribution is 6.06. The second kappa shape index (κ2) is 7.38. The van der Waals surface area contributed by atoms with E-state index in [2.05, 4.69) is 32.8 Å². The van der Waals surface area contributed by atoms with Crippen LogP contribution in [-0.4, -0.2) is 27.0 Å².